The molecule has 5 heteroatoms. The maximum Gasteiger partial charge on any atom is 0.203 e. The maximum atomic E-state index is 4.63. The van der Waals surface area contributed by atoms with E-state index in [4.69, 9.17) is 0 Å². The molecular weight excluding hydrogens is 364 g/mol. The minimum absolute atomic E-state index is 0.801. The lowest BCUT2D eigenvalue weighted by atomic mass is 9.95. The summed E-state index contributed by atoms with van der Waals surface area (Å²) in [6.45, 7) is 6.11. The van der Waals surface area contributed by atoms with Crippen molar-refractivity contribution in [3.8, 4) is 22.4 Å². The quantitative estimate of drug-likeness (QED) is 0.314. The van der Waals surface area contributed by atoms with Crippen molar-refractivity contribution in [3.63, 3.8) is 0 Å². The molecule has 0 aliphatic rings. The van der Waals surface area contributed by atoms with Gasteiger partial charge < -0.3 is 4.98 Å². The van der Waals surface area contributed by atoms with Gasteiger partial charge in [-0.05, 0) is 31.9 Å². The highest BCUT2D eigenvalue weighted by molar-refractivity contribution is 7.13. The zero-order valence-electron chi connectivity index (χ0n) is 16.2. The van der Waals surface area contributed by atoms with Crippen LogP contribution in [0.5, 0.6) is 0 Å². The van der Waals surface area contributed by atoms with Crippen LogP contribution >= 0.6 is 11.3 Å². The van der Waals surface area contributed by atoms with Crippen molar-refractivity contribution in [1.29, 1.82) is 0 Å². The largest absolute Gasteiger partial charge is 0.358 e. The van der Waals surface area contributed by atoms with Crippen LogP contribution in [0.2, 0.25) is 0 Å². The molecule has 0 aliphatic carbocycles. The molecule has 140 valence electrons. The zero-order valence-corrected chi connectivity index (χ0v) is 17.0. The lowest BCUT2D eigenvalue weighted by Gasteiger charge is -2.09. The van der Waals surface area contributed by atoms with Gasteiger partial charge in [-0.3, -0.25) is 5.43 Å². The predicted molar refractivity (Wildman–Crippen MR) is 119 cm³/mol. The van der Waals surface area contributed by atoms with Gasteiger partial charge in [-0.1, -0.05) is 60.7 Å². The molecule has 0 spiro atoms. The van der Waals surface area contributed by atoms with Gasteiger partial charge in [0.25, 0.3) is 0 Å². The van der Waals surface area contributed by atoms with Crippen molar-refractivity contribution in [2.45, 2.75) is 20.8 Å². The van der Waals surface area contributed by atoms with Crippen LogP contribution in [0, 0.1) is 13.8 Å². The molecule has 4 rings (SSSR count). The third-order valence-corrected chi connectivity index (χ3v) is 5.48. The number of hydrogen-bond acceptors (Lipinski definition) is 4. The van der Waals surface area contributed by atoms with E-state index < -0.39 is 0 Å². The fraction of sp³-hybridized carbons (Fsp3) is 0.130. The van der Waals surface area contributed by atoms with Crippen molar-refractivity contribution in [2.75, 3.05) is 5.43 Å². The number of nitrogens with one attached hydrogen (secondary N) is 2. The van der Waals surface area contributed by atoms with Gasteiger partial charge in [0, 0.05) is 22.2 Å². The predicted octanol–water partition coefficient (Wildman–Crippen LogP) is 6.26. The Balaban J connectivity index is 1.83. The molecule has 4 aromatic rings. The van der Waals surface area contributed by atoms with Crippen molar-refractivity contribution < 1.29 is 0 Å². The summed E-state index contributed by atoms with van der Waals surface area (Å²) in [6.07, 6.45) is 0. The van der Waals surface area contributed by atoms with Crippen molar-refractivity contribution in [1.82, 2.24) is 9.97 Å². The molecule has 0 bridgehead atoms. The highest BCUT2D eigenvalue weighted by Gasteiger charge is 2.20. The van der Waals surface area contributed by atoms with Gasteiger partial charge in [0.15, 0.2) is 0 Å². The van der Waals surface area contributed by atoms with Crippen LogP contribution in [0.1, 0.15) is 23.9 Å². The van der Waals surface area contributed by atoms with E-state index in [0.29, 0.717) is 0 Å². The highest BCUT2D eigenvalue weighted by atomic mass is 32.1. The van der Waals surface area contributed by atoms with Gasteiger partial charge >= 0.3 is 0 Å². The molecule has 4 nitrogen and oxygen atoms in total. The number of rotatable bonds is 5. The molecule has 2 aromatic heterocycles. The Kier molecular flexibility index (Phi) is 5.08. The first-order valence-electron chi connectivity index (χ1n) is 9.19. The highest BCUT2D eigenvalue weighted by Crippen LogP contribution is 2.37. The fourth-order valence-corrected chi connectivity index (χ4v) is 4.01. The first-order chi connectivity index (χ1) is 13.6. The molecule has 0 radical (unpaired) electrons. The molecule has 0 saturated heterocycles. The molecular formula is C23H22N4S. The zero-order chi connectivity index (χ0) is 19.5. The molecule has 2 aromatic carbocycles. The number of H-pyrrole nitrogens is 1. The van der Waals surface area contributed by atoms with Crippen molar-refractivity contribution >= 4 is 22.2 Å². The lowest BCUT2D eigenvalue weighted by Crippen LogP contribution is -2.02. The number of benzene rings is 2. The number of aromatic amines is 1. The van der Waals surface area contributed by atoms with E-state index in [9.17, 15) is 0 Å². The van der Waals surface area contributed by atoms with Gasteiger partial charge in [0.1, 0.15) is 0 Å². The van der Waals surface area contributed by atoms with E-state index in [0.717, 1.165) is 39.1 Å². The van der Waals surface area contributed by atoms with E-state index >= 15 is 0 Å². The van der Waals surface area contributed by atoms with Crippen LogP contribution in [-0.2, 0) is 0 Å². The lowest BCUT2D eigenvalue weighted by molar-refractivity contribution is 1.21. The minimum atomic E-state index is 0.801. The number of hydrazone groups is 1. The summed E-state index contributed by atoms with van der Waals surface area (Å²) in [7, 11) is 0. The van der Waals surface area contributed by atoms with Gasteiger partial charge in [-0.2, -0.15) is 5.10 Å². The average Bonchev–Trinajstić information content (AvgIpc) is 3.30. The molecule has 0 saturated carbocycles. The van der Waals surface area contributed by atoms with E-state index in [-0.39, 0.29) is 0 Å². The summed E-state index contributed by atoms with van der Waals surface area (Å²) in [6, 6.07) is 20.9. The molecule has 0 aliphatic heterocycles. The van der Waals surface area contributed by atoms with Crippen LogP contribution in [0.3, 0.4) is 0 Å². The van der Waals surface area contributed by atoms with E-state index in [1.807, 2.05) is 31.4 Å². The third kappa shape index (κ3) is 3.62. The summed E-state index contributed by atoms with van der Waals surface area (Å²) >= 11 is 1.56. The minimum Gasteiger partial charge on any atom is -0.358 e. The number of nitrogens with zero attached hydrogens (tertiary/aromatic N) is 2. The first kappa shape index (κ1) is 18.2. The van der Waals surface area contributed by atoms with Crippen LogP contribution in [-0.4, -0.2) is 15.7 Å². The molecule has 2 N–H and O–H groups in total. The SMILES string of the molecule is CC(=NNc1nc(C)cs1)c1c(C)[nH]c(-c2ccccc2)c1-c1ccccc1. The fourth-order valence-electron chi connectivity index (χ4n) is 3.38. The Morgan fingerprint density at radius 2 is 1.61 bits per heavy atom. The average molecular weight is 387 g/mol. The molecule has 2 heterocycles. The summed E-state index contributed by atoms with van der Waals surface area (Å²) < 4.78 is 0. The Bertz CT molecular complexity index is 1110. The van der Waals surface area contributed by atoms with Gasteiger partial charge in [0.05, 0.1) is 17.1 Å². The maximum absolute atomic E-state index is 4.63. The number of hydrogen-bond donors (Lipinski definition) is 2. The van der Waals surface area contributed by atoms with Crippen LogP contribution in [0.25, 0.3) is 22.4 Å². The number of thiazole rings is 1. The molecule has 28 heavy (non-hydrogen) atoms. The molecule has 0 atom stereocenters. The van der Waals surface area contributed by atoms with Gasteiger partial charge in [-0.15, -0.1) is 11.3 Å². The topological polar surface area (TPSA) is 53.1 Å². The second-order valence-electron chi connectivity index (χ2n) is 6.71. The van der Waals surface area contributed by atoms with E-state index in [2.05, 4.69) is 75.9 Å². The molecule has 0 unspecified atom stereocenters. The monoisotopic (exact) mass is 386 g/mol. The number of aromatic nitrogens is 2. The van der Waals surface area contributed by atoms with Crippen molar-refractivity contribution in [3.05, 3.63) is 83.0 Å². The van der Waals surface area contributed by atoms with Crippen LogP contribution in [0.4, 0.5) is 5.13 Å². The Morgan fingerprint density at radius 3 is 2.21 bits per heavy atom. The van der Waals surface area contributed by atoms with Gasteiger partial charge in [-0.25, -0.2) is 4.98 Å². The van der Waals surface area contributed by atoms with Gasteiger partial charge in [0.2, 0.25) is 5.13 Å². The second-order valence-corrected chi connectivity index (χ2v) is 7.57. The smallest absolute Gasteiger partial charge is 0.203 e. The Morgan fingerprint density at radius 1 is 0.964 bits per heavy atom. The molecule has 0 fully saturated rings. The van der Waals surface area contributed by atoms with Crippen LogP contribution < -0.4 is 5.43 Å². The second kappa shape index (κ2) is 7.82. The first-order valence-corrected chi connectivity index (χ1v) is 10.1. The van der Waals surface area contributed by atoms with E-state index in [1.54, 1.807) is 11.3 Å². The normalized spacial score (nSPS) is 11.6. The van der Waals surface area contributed by atoms with Crippen molar-refractivity contribution in [2.24, 2.45) is 5.10 Å². The Labute approximate surface area is 169 Å². The standard InChI is InChI=1S/C23H22N4S/c1-15-14-28-23(24-15)27-26-17(3)20-16(2)25-22(19-12-8-5-9-13-19)21(20)18-10-6-4-7-11-18/h4-14,25H,1-3H3,(H,24,27). The number of anilines is 1. The Hall–Kier alpha value is -3.18. The summed E-state index contributed by atoms with van der Waals surface area (Å²) in [5.74, 6) is 0. The van der Waals surface area contributed by atoms with Crippen LogP contribution in [0.15, 0.2) is 71.1 Å². The number of aryl methyl sites for hydroxylation is 2. The summed E-state index contributed by atoms with van der Waals surface area (Å²) in [5, 5.41) is 7.44. The molecule has 0 amide bonds. The van der Waals surface area contributed by atoms with E-state index in [1.165, 1.54) is 11.1 Å². The summed E-state index contributed by atoms with van der Waals surface area (Å²) in [4.78, 5) is 8.01. The third-order valence-electron chi connectivity index (χ3n) is 4.61. The summed E-state index contributed by atoms with van der Waals surface area (Å²) in [5.41, 5.74) is 11.8.